The van der Waals surface area contributed by atoms with Crippen LogP contribution < -0.4 is 47.7 Å². The van der Waals surface area contributed by atoms with Gasteiger partial charge in [-0.1, -0.05) is 276 Å². The fourth-order valence-corrected chi connectivity index (χ4v) is 28.4. The van der Waals surface area contributed by atoms with Gasteiger partial charge < -0.3 is 22.8 Å². The van der Waals surface area contributed by atoms with E-state index in [0.717, 1.165) is 202 Å². The van der Waals surface area contributed by atoms with E-state index in [2.05, 4.69) is 207 Å². The van der Waals surface area contributed by atoms with Crippen LogP contribution in [0.25, 0.3) is 149 Å². The Morgan fingerprint density at radius 3 is 1.06 bits per heavy atom. The summed E-state index contributed by atoms with van der Waals surface area (Å²) < 4.78 is 57.6. The zero-order valence-corrected chi connectivity index (χ0v) is 69.0. The first-order chi connectivity index (χ1) is 59.6. The molecule has 121 heavy (non-hydrogen) atoms. The average molecular weight is 1620 g/mol. The van der Waals surface area contributed by atoms with Gasteiger partial charge in [-0.15, -0.1) is 0 Å². The summed E-state index contributed by atoms with van der Waals surface area (Å²) in [5, 5.41) is 15.0. The smallest absolute Gasteiger partial charge is 0.175 e. The molecule has 578 valence electrons. The lowest BCUT2D eigenvalue weighted by molar-refractivity contribution is 0.591. The second-order valence-electron chi connectivity index (χ2n) is 31.1. The topological polar surface area (TPSA) is 140 Å². The molecule has 13 nitrogen and oxygen atoms in total. The SMILES string of the molecule is CCc1nc2c(-c3nc4ccccc4nc3-c3ccccc3)ccc3c2n1-c1ccccc1P3(=O)c1ccccc1.CCc1nc2c(-n3c4ccccc4c4c5ccccc5ccc43)ccc3c2n1-c1ccccc1P3(=O)c1ccccc1.CCc1nc2c(-n3c4ccccc4c4ccccc43)ccc3c2n1-c1ccccc1P3(=O)c1ccccc1. The van der Waals surface area contributed by atoms with Crippen LogP contribution in [0.2, 0.25) is 0 Å². The maximum atomic E-state index is 15.5. The normalized spacial score (nSPS) is 16.0. The molecule has 16 aromatic carbocycles. The van der Waals surface area contributed by atoms with E-state index in [1.807, 2.05) is 200 Å². The summed E-state index contributed by atoms with van der Waals surface area (Å²) in [6.07, 6.45) is 2.26. The van der Waals surface area contributed by atoms with Crippen LogP contribution in [0, 0.1) is 0 Å². The van der Waals surface area contributed by atoms with E-state index in [1.165, 1.54) is 32.3 Å². The van der Waals surface area contributed by atoms with Gasteiger partial charge in [0.2, 0.25) is 0 Å². The highest BCUT2D eigenvalue weighted by molar-refractivity contribution is 7.87. The number of aromatic nitrogens is 10. The van der Waals surface area contributed by atoms with Crippen molar-refractivity contribution < 1.29 is 13.7 Å². The number of fused-ring (bicyclic) bond motifs is 15. The van der Waals surface area contributed by atoms with E-state index in [1.54, 1.807) is 0 Å². The Balaban J connectivity index is 0.000000106. The van der Waals surface area contributed by atoms with Crippen molar-refractivity contribution >= 4 is 168 Å². The fourth-order valence-electron chi connectivity index (χ4n) is 19.5. The Morgan fingerprint density at radius 2 is 0.595 bits per heavy atom. The molecule has 0 aliphatic carbocycles. The van der Waals surface area contributed by atoms with Gasteiger partial charge in [-0.2, -0.15) is 0 Å². The van der Waals surface area contributed by atoms with Gasteiger partial charge in [-0.25, -0.2) is 24.9 Å². The second kappa shape index (κ2) is 28.0. The maximum Gasteiger partial charge on any atom is 0.175 e. The molecule has 3 unspecified atom stereocenters. The number of hydrogen-bond donors (Lipinski definition) is 0. The van der Waals surface area contributed by atoms with E-state index in [4.69, 9.17) is 24.9 Å². The van der Waals surface area contributed by atoms with Crippen molar-refractivity contribution in [3.63, 3.8) is 0 Å². The third kappa shape index (κ3) is 10.5. The largest absolute Gasteiger partial charge is 0.308 e. The highest BCUT2D eigenvalue weighted by Gasteiger charge is 2.44. The Bertz CT molecular complexity index is 8180. The van der Waals surface area contributed by atoms with Crippen molar-refractivity contribution in [2.45, 2.75) is 40.0 Å². The van der Waals surface area contributed by atoms with E-state index >= 15 is 13.7 Å². The lowest BCUT2D eigenvalue weighted by Gasteiger charge is -2.29. The lowest BCUT2D eigenvalue weighted by atomic mass is 10.0. The molecule has 16 heteroatoms. The van der Waals surface area contributed by atoms with Gasteiger partial charge in [0.15, 0.2) is 21.4 Å². The molecule has 0 saturated carbocycles. The molecule has 0 amide bonds. The minimum atomic E-state index is -3.18. The maximum absolute atomic E-state index is 15.5. The number of aryl methyl sites for hydroxylation is 3. The van der Waals surface area contributed by atoms with Gasteiger partial charge in [0.1, 0.15) is 28.5 Å². The number of nitrogens with zero attached hydrogens (tertiary/aromatic N) is 10. The minimum absolute atomic E-state index is 0.729. The first-order valence-corrected chi connectivity index (χ1v) is 46.4. The van der Waals surface area contributed by atoms with Crippen LogP contribution in [0.15, 0.2) is 364 Å². The van der Waals surface area contributed by atoms with Crippen LogP contribution in [0.4, 0.5) is 0 Å². The molecule has 0 fully saturated rings. The summed E-state index contributed by atoms with van der Waals surface area (Å²) >= 11 is 0. The molecule has 6 aromatic heterocycles. The predicted octanol–water partition coefficient (Wildman–Crippen LogP) is 21.2. The first kappa shape index (κ1) is 72.1. The molecule has 3 atom stereocenters. The van der Waals surface area contributed by atoms with E-state index in [9.17, 15) is 0 Å². The van der Waals surface area contributed by atoms with Crippen molar-refractivity contribution in [2.75, 3.05) is 0 Å². The molecule has 3 aliphatic heterocycles. The van der Waals surface area contributed by atoms with Gasteiger partial charge in [0.05, 0.1) is 95.0 Å². The Morgan fingerprint density at radius 1 is 0.248 bits per heavy atom. The van der Waals surface area contributed by atoms with Crippen LogP contribution in [-0.4, -0.2) is 47.8 Å². The van der Waals surface area contributed by atoms with Crippen molar-refractivity contribution in [1.29, 1.82) is 0 Å². The monoisotopic (exact) mass is 1620 g/mol. The zero-order chi connectivity index (χ0) is 81.0. The number of hydrogen-bond acceptors (Lipinski definition) is 8. The fraction of sp³-hybridized carbons (Fsp3) is 0.0571. The van der Waals surface area contributed by atoms with Crippen molar-refractivity contribution in [1.82, 2.24) is 47.8 Å². The Hall–Kier alpha value is -14.2. The molecular weight excluding hydrogens is 1540 g/mol. The van der Waals surface area contributed by atoms with Gasteiger partial charge in [0.25, 0.3) is 0 Å². The predicted molar refractivity (Wildman–Crippen MR) is 500 cm³/mol. The van der Waals surface area contributed by atoms with Crippen LogP contribution in [0.1, 0.15) is 38.2 Å². The molecule has 22 aromatic rings. The molecule has 0 saturated heterocycles. The molecule has 9 heterocycles. The quantitative estimate of drug-likeness (QED) is 0.123. The first-order valence-electron chi connectivity index (χ1n) is 41.2. The van der Waals surface area contributed by atoms with Crippen LogP contribution >= 0.6 is 21.4 Å². The molecule has 25 rings (SSSR count). The average Bonchev–Trinajstić information content (AvgIpc) is 1.59. The molecule has 0 N–H and O–H groups in total. The highest BCUT2D eigenvalue weighted by atomic mass is 31.2. The molecule has 0 bridgehead atoms. The summed E-state index contributed by atoms with van der Waals surface area (Å²) in [5.41, 5.74) is 19.9. The van der Waals surface area contributed by atoms with Gasteiger partial charge >= 0.3 is 0 Å². The van der Waals surface area contributed by atoms with E-state index in [-0.39, 0.29) is 0 Å². The number of rotatable bonds is 10. The third-order valence-corrected chi connectivity index (χ3v) is 34.1. The molecule has 0 spiro atoms. The summed E-state index contributed by atoms with van der Waals surface area (Å²) in [6, 6.07) is 123. The molecular formula is C105H75N10O3P3. The van der Waals surface area contributed by atoms with Gasteiger partial charge in [-0.3, -0.25) is 13.7 Å². The summed E-state index contributed by atoms with van der Waals surface area (Å²) in [5.74, 6) is 2.87. The van der Waals surface area contributed by atoms with E-state index < -0.39 is 21.4 Å². The van der Waals surface area contributed by atoms with Crippen molar-refractivity contribution in [3.05, 3.63) is 381 Å². The summed E-state index contributed by atoms with van der Waals surface area (Å²) in [4.78, 5) is 26.1. The van der Waals surface area contributed by atoms with Crippen LogP contribution in [-0.2, 0) is 33.0 Å². The zero-order valence-electron chi connectivity index (χ0n) is 66.3. The standard InChI is InChI=1S/C37H26N3OP.C35H25N4OP.C33H24N3OP/c1-2-34-38-36-31(39-28-17-9-8-16-27(28)35-26-15-7-6-12-24(26)20-21-30(35)39)22-23-33-37(36)40(34)29-18-10-11-19-32(29)42(33,41)25-13-4-3-5-14-25;1-2-31-38-34-25(33-32(23-13-5-3-6-14-23)36-26-17-9-10-18-27(26)37-33)21-22-30-35(34)39(31)28-19-11-12-20-29(28)41(30,40)24-15-7-4-8-16-24;1-2-31-34-32-28(35-25-16-8-6-14-23(25)24-15-7-9-17-26(24)35)20-21-30-33(32)36(31)27-18-10-11-19-29(27)38(30,37)22-12-4-3-5-13-22/h3-23H,2H2,1H3;3-22H,2H2,1H3;3-21H,2H2,1H3. The molecule has 0 radical (unpaired) electrons. The van der Waals surface area contributed by atoms with Crippen LogP contribution in [0.5, 0.6) is 0 Å². The van der Waals surface area contributed by atoms with E-state index in [0.29, 0.717) is 0 Å². The van der Waals surface area contributed by atoms with Crippen molar-refractivity contribution in [3.8, 4) is 51.0 Å². The summed E-state index contributed by atoms with van der Waals surface area (Å²) in [6.45, 7) is 6.40. The summed E-state index contributed by atoms with van der Waals surface area (Å²) in [7, 11) is -9.46. The lowest BCUT2D eigenvalue weighted by Crippen LogP contribution is -2.33. The van der Waals surface area contributed by atoms with Gasteiger partial charge in [-0.05, 0) is 120 Å². The number of para-hydroxylation sites is 8. The minimum Gasteiger partial charge on any atom is -0.308 e. The number of imidazole rings is 3. The highest BCUT2D eigenvalue weighted by Crippen LogP contribution is 2.55. The van der Waals surface area contributed by atoms with Crippen molar-refractivity contribution in [2.24, 2.45) is 0 Å². The Labute approximate surface area is 696 Å². The number of benzene rings is 16. The third-order valence-electron chi connectivity index (χ3n) is 24.7. The second-order valence-corrected chi connectivity index (χ2v) is 39.2. The van der Waals surface area contributed by atoms with Gasteiger partial charge in [0, 0.05) is 99.7 Å². The molecule has 3 aliphatic rings. The van der Waals surface area contributed by atoms with Crippen LogP contribution in [0.3, 0.4) is 0 Å². The Kier molecular flexibility index (Phi) is 16.7.